The fraction of sp³-hybridized carbons (Fsp3) is 0.133. The van der Waals surface area contributed by atoms with Gasteiger partial charge < -0.3 is 20.8 Å². The molecule has 0 spiro atoms. The Hall–Kier alpha value is -2.60. The number of phenolic OH excluding ortho intramolecular Hbond substituents is 1. The second kappa shape index (κ2) is 6.23. The molecule has 0 aliphatic heterocycles. The number of aliphatic hydroxyl groups is 1. The Morgan fingerprint density at radius 3 is 2.52 bits per heavy atom. The smallest absolute Gasteiger partial charge is 0.265 e. The van der Waals surface area contributed by atoms with Crippen LogP contribution in [0.25, 0.3) is 0 Å². The number of nitrogens with zero attached hydrogens (tertiary/aromatic N) is 1. The third kappa shape index (κ3) is 2.95. The molecule has 0 heterocycles. The summed E-state index contributed by atoms with van der Waals surface area (Å²) in [7, 11) is 0. The molecule has 4 N–H and O–H groups in total. The number of benzene rings is 2. The van der Waals surface area contributed by atoms with Crippen molar-refractivity contribution in [3.8, 4) is 5.75 Å². The van der Waals surface area contributed by atoms with Gasteiger partial charge in [0.2, 0.25) is 0 Å². The Morgan fingerprint density at radius 2 is 1.90 bits per heavy atom. The summed E-state index contributed by atoms with van der Waals surface area (Å²) in [5, 5.41) is 18.8. The first-order chi connectivity index (χ1) is 10.1. The van der Waals surface area contributed by atoms with Gasteiger partial charge in [0.15, 0.2) is 0 Å². The summed E-state index contributed by atoms with van der Waals surface area (Å²) in [6.07, 6.45) is 0. The van der Waals surface area contributed by atoms with Gasteiger partial charge in [0.1, 0.15) is 17.1 Å². The first kappa shape index (κ1) is 14.8. The summed E-state index contributed by atoms with van der Waals surface area (Å²) in [6, 6.07) is 10.1. The zero-order chi connectivity index (χ0) is 15.4. The number of aromatic hydroxyl groups is 1. The van der Waals surface area contributed by atoms with Crippen LogP contribution in [0.5, 0.6) is 5.75 Å². The molecule has 21 heavy (non-hydrogen) atoms. The van der Waals surface area contributed by atoms with E-state index in [2.05, 4.69) is 0 Å². The number of halogens is 1. The molecule has 2 aromatic rings. The molecule has 0 aromatic heterocycles. The third-order valence-corrected chi connectivity index (χ3v) is 3.00. The average Bonchev–Trinajstić information content (AvgIpc) is 2.45. The van der Waals surface area contributed by atoms with Gasteiger partial charge >= 0.3 is 0 Å². The number of anilines is 2. The van der Waals surface area contributed by atoms with Crippen molar-refractivity contribution in [2.45, 2.75) is 0 Å². The van der Waals surface area contributed by atoms with E-state index in [4.69, 9.17) is 10.8 Å². The predicted molar refractivity (Wildman–Crippen MR) is 77.7 cm³/mol. The van der Waals surface area contributed by atoms with Gasteiger partial charge in [-0.05, 0) is 24.3 Å². The quantitative estimate of drug-likeness (QED) is 0.749. The minimum absolute atomic E-state index is 0.0686. The summed E-state index contributed by atoms with van der Waals surface area (Å²) in [6.45, 7) is -0.393. The number of nitrogens with two attached hydrogens (primary N) is 1. The number of hydrogen-bond donors (Lipinski definition) is 3. The lowest BCUT2D eigenvalue weighted by molar-refractivity contribution is 0.0974. The average molecular weight is 290 g/mol. The number of aliphatic hydroxyl groups excluding tert-OH is 1. The van der Waals surface area contributed by atoms with E-state index < -0.39 is 23.0 Å². The highest BCUT2D eigenvalue weighted by atomic mass is 19.1. The fourth-order valence-corrected chi connectivity index (χ4v) is 2.02. The van der Waals surface area contributed by atoms with Crippen molar-refractivity contribution in [3.63, 3.8) is 0 Å². The van der Waals surface area contributed by atoms with Crippen LogP contribution in [0.1, 0.15) is 10.4 Å². The van der Waals surface area contributed by atoms with Crippen LogP contribution in [0, 0.1) is 5.82 Å². The van der Waals surface area contributed by atoms with Crippen LogP contribution >= 0.6 is 0 Å². The van der Waals surface area contributed by atoms with Crippen molar-refractivity contribution in [2.24, 2.45) is 0 Å². The monoisotopic (exact) mass is 290 g/mol. The summed E-state index contributed by atoms with van der Waals surface area (Å²) < 4.78 is 13.8. The Morgan fingerprint density at radius 1 is 1.19 bits per heavy atom. The van der Waals surface area contributed by atoms with E-state index in [0.717, 1.165) is 11.0 Å². The normalized spacial score (nSPS) is 10.4. The molecule has 0 saturated carbocycles. The minimum Gasteiger partial charge on any atom is -0.507 e. The van der Waals surface area contributed by atoms with Crippen LogP contribution in [0.4, 0.5) is 15.8 Å². The van der Waals surface area contributed by atoms with Crippen LogP contribution in [0.2, 0.25) is 0 Å². The van der Waals surface area contributed by atoms with Crippen LogP contribution in [-0.4, -0.2) is 29.3 Å². The highest BCUT2D eigenvalue weighted by molar-refractivity contribution is 6.09. The lowest BCUT2D eigenvalue weighted by Crippen LogP contribution is -2.34. The topological polar surface area (TPSA) is 86.8 Å². The molecular formula is C15H15FN2O3. The van der Waals surface area contributed by atoms with Crippen LogP contribution in [0.15, 0.2) is 42.5 Å². The number of nitrogen functional groups attached to an aromatic ring is 1. The number of amides is 1. The molecule has 5 nitrogen and oxygen atoms in total. The molecule has 2 aromatic carbocycles. The lowest BCUT2D eigenvalue weighted by Gasteiger charge is -2.24. The van der Waals surface area contributed by atoms with Crippen LogP contribution in [-0.2, 0) is 0 Å². The van der Waals surface area contributed by atoms with E-state index in [1.54, 1.807) is 24.3 Å². The summed E-state index contributed by atoms with van der Waals surface area (Å²) >= 11 is 0. The van der Waals surface area contributed by atoms with Gasteiger partial charge in [0, 0.05) is 6.54 Å². The van der Waals surface area contributed by atoms with E-state index in [9.17, 15) is 14.3 Å². The number of carbonyl (C=O) groups is 1. The van der Waals surface area contributed by atoms with Crippen molar-refractivity contribution in [1.29, 1.82) is 0 Å². The second-order valence-electron chi connectivity index (χ2n) is 4.37. The molecule has 0 saturated heterocycles. The zero-order valence-electron chi connectivity index (χ0n) is 11.2. The van der Waals surface area contributed by atoms with E-state index in [-0.39, 0.29) is 13.2 Å². The Kier molecular flexibility index (Phi) is 4.39. The maximum atomic E-state index is 13.8. The number of para-hydroxylation sites is 2. The Bertz CT molecular complexity index is 641. The predicted octanol–water partition coefficient (Wildman–Crippen LogP) is 1.75. The first-order valence-electron chi connectivity index (χ1n) is 6.31. The molecule has 0 fully saturated rings. The summed E-state index contributed by atoms with van der Waals surface area (Å²) in [4.78, 5) is 13.6. The van der Waals surface area contributed by atoms with E-state index >= 15 is 0 Å². The molecule has 6 heteroatoms. The van der Waals surface area contributed by atoms with Crippen molar-refractivity contribution in [1.82, 2.24) is 0 Å². The zero-order valence-corrected chi connectivity index (χ0v) is 11.2. The van der Waals surface area contributed by atoms with Crippen LogP contribution < -0.4 is 10.6 Å². The van der Waals surface area contributed by atoms with Crippen molar-refractivity contribution >= 4 is 17.3 Å². The highest BCUT2D eigenvalue weighted by Gasteiger charge is 2.24. The van der Waals surface area contributed by atoms with Crippen molar-refractivity contribution < 1.29 is 19.4 Å². The lowest BCUT2D eigenvalue weighted by atomic mass is 10.1. The van der Waals surface area contributed by atoms with Crippen molar-refractivity contribution in [3.05, 3.63) is 53.8 Å². The van der Waals surface area contributed by atoms with Gasteiger partial charge in [0.25, 0.3) is 5.91 Å². The Balaban J connectivity index is 2.48. The number of phenols is 1. The van der Waals surface area contributed by atoms with E-state index in [1.165, 1.54) is 12.1 Å². The largest absolute Gasteiger partial charge is 0.507 e. The summed E-state index contributed by atoms with van der Waals surface area (Å²) in [5.41, 5.74) is 6.02. The molecule has 0 radical (unpaired) electrons. The Labute approximate surface area is 121 Å². The maximum Gasteiger partial charge on any atom is 0.265 e. The molecule has 0 aliphatic carbocycles. The number of carbonyl (C=O) groups excluding carboxylic acids is 1. The molecule has 0 atom stereocenters. The van der Waals surface area contributed by atoms with Gasteiger partial charge in [0.05, 0.1) is 18.0 Å². The molecule has 110 valence electrons. The maximum absolute atomic E-state index is 13.8. The van der Waals surface area contributed by atoms with Gasteiger partial charge in [-0.15, -0.1) is 0 Å². The fourth-order valence-electron chi connectivity index (χ4n) is 2.02. The SMILES string of the molecule is Nc1ccccc1N(CCO)C(=O)c1c(O)cccc1F. The standard InChI is InChI=1S/C15H15FN2O3/c16-10-4-3-7-13(20)14(10)15(21)18(8-9-19)12-6-2-1-5-11(12)17/h1-7,19-20H,8-9,17H2. The minimum atomic E-state index is -0.836. The van der Waals surface area contributed by atoms with Gasteiger partial charge in [-0.1, -0.05) is 18.2 Å². The molecule has 0 bridgehead atoms. The number of rotatable bonds is 4. The number of hydrogen-bond acceptors (Lipinski definition) is 4. The molecular weight excluding hydrogens is 275 g/mol. The van der Waals surface area contributed by atoms with Gasteiger partial charge in [-0.2, -0.15) is 0 Å². The third-order valence-electron chi connectivity index (χ3n) is 3.00. The first-order valence-corrected chi connectivity index (χ1v) is 6.31. The highest BCUT2D eigenvalue weighted by Crippen LogP contribution is 2.28. The molecule has 0 unspecified atom stereocenters. The van der Waals surface area contributed by atoms with Gasteiger partial charge in [-0.3, -0.25) is 4.79 Å². The summed E-state index contributed by atoms with van der Waals surface area (Å²) in [5.74, 6) is -2.06. The van der Waals surface area contributed by atoms with Crippen molar-refractivity contribution in [2.75, 3.05) is 23.8 Å². The molecule has 0 aliphatic rings. The second-order valence-corrected chi connectivity index (χ2v) is 4.37. The van der Waals surface area contributed by atoms with E-state index in [1.807, 2.05) is 0 Å². The molecule has 2 rings (SSSR count). The van der Waals surface area contributed by atoms with Gasteiger partial charge in [-0.25, -0.2) is 4.39 Å². The molecule has 1 amide bonds. The van der Waals surface area contributed by atoms with Crippen LogP contribution in [0.3, 0.4) is 0 Å². The van der Waals surface area contributed by atoms with E-state index in [0.29, 0.717) is 11.4 Å².